The van der Waals surface area contributed by atoms with Crippen molar-refractivity contribution in [2.75, 3.05) is 37.7 Å². The molecule has 1 atom stereocenters. The molecular weight excluding hydrogens is 652 g/mol. The summed E-state index contributed by atoms with van der Waals surface area (Å²) in [4.78, 5) is 35.1. The van der Waals surface area contributed by atoms with Crippen LogP contribution < -0.4 is 4.90 Å². The average molecular weight is 693 g/mol. The number of rotatable bonds is 8. The second-order valence-corrected chi connectivity index (χ2v) is 13.5. The van der Waals surface area contributed by atoms with Gasteiger partial charge in [0.1, 0.15) is 5.75 Å². The first-order valence-electron chi connectivity index (χ1n) is 17.0. The maximum absolute atomic E-state index is 14.7. The zero-order valence-corrected chi connectivity index (χ0v) is 29.3. The molecular formula is C39H41ClN6O4. The fraction of sp³-hybridized carbons (Fsp3) is 0.308. The Morgan fingerprint density at radius 1 is 0.960 bits per heavy atom. The predicted molar refractivity (Wildman–Crippen MR) is 194 cm³/mol. The molecule has 2 aromatic heterocycles. The largest absolute Gasteiger partial charge is 0.508 e. The van der Waals surface area contributed by atoms with Crippen molar-refractivity contribution in [3.05, 3.63) is 118 Å². The average Bonchev–Trinajstić information content (AvgIpc) is 3.70. The molecule has 0 bridgehead atoms. The number of benzene rings is 3. The van der Waals surface area contributed by atoms with Crippen LogP contribution in [0.3, 0.4) is 0 Å². The third-order valence-corrected chi connectivity index (χ3v) is 10.1. The van der Waals surface area contributed by atoms with E-state index >= 15 is 0 Å². The van der Waals surface area contributed by atoms with Crippen molar-refractivity contribution in [3.63, 3.8) is 0 Å². The SMILES string of the molecule is Cc1c(C(=O)N(c2ccc(O)cc2)c2cnn(C)c2)cc(-c2cc(Cl)ccc2C(=O)N2Cc3ccccc3C[C@H]2C)n1CCN1CCOCC1. The Labute approximate surface area is 297 Å². The Balaban J connectivity index is 1.33. The van der Waals surface area contributed by atoms with E-state index in [1.165, 1.54) is 5.56 Å². The number of hydrogen-bond donors (Lipinski definition) is 1. The standard InChI is InChI=1S/C39H41ClN6O4/c1-26-20-28-6-4-5-7-29(28)24-45(26)38(48)34-13-8-30(40)21-36(34)37-22-35(27(2)44(37)15-14-43-16-18-50-19-17-43)39(49)46(32-23-41-42(3)25-32)31-9-11-33(47)12-10-31/h4-13,21-23,25-26,47H,14-20,24H2,1-3H3/t26-/m1/s1. The van der Waals surface area contributed by atoms with Crippen LogP contribution in [0.1, 0.15) is 44.5 Å². The number of aryl methyl sites for hydroxylation is 1. The molecule has 0 radical (unpaired) electrons. The number of phenolic OH excluding ortho intramolecular Hbond substituents is 1. The molecule has 5 aromatic rings. The Hall–Kier alpha value is -4.90. The second-order valence-electron chi connectivity index (χ2n) is 13.1. The molecule has 2 aliphatic rings. The summed E-state index contributed by atoms with van der Waals surface area (Å²) < 4.78 is 9.37. The zero-order chi connectivity index (χ0) is 34.9. The van der Waals surface area contributed by atoms with Crippen LogP contribution in [-0.2, 0) is 31.3 Å². The van der Waals surface area contributed by atoms with Crippen LogP contribution in [0.2, 0.25) is 5.02 Å². The minimum absolute atomic E-state index is 0.00579. The summed E-state index contributed by atoms with van der Waals surface area (Å²) in [5, 5.41) is 14.9. The highest BCUT2D eigenvalue weighted by Crippen LogP contribution is 2.36. The van der Waals surface area contributed by atoms with E-state index in [1.54, 1.807) is 59.4 Å². The number of morpholine rings is 1. The van der Waals surface area contributed by atoms with Gasteiger partial charge in [0.05, 0.1) is 30.7 Å². The topological polar surface area (TPSA) is 96.1 Å². The highest BCUT2D eigenvalue weighted by molar-refractivity contribution is 6.31. The van der Waals surface area contributed by atoms with Crippen LogP contribution in [0.4, 0.5) is 11.4 Å². The molecule has 10 nitrogen and oxygen atoms in total. The summed E-state index contributed by atoms with van der Waals surface area (Å²) in [5.41, 5.74) is 6.79. The Morgan fingerprint density at radius 3 is 2.42 bits per heavy atom. The number of amides is 2. The Bertz CT molecular complexity index is 2030. The highest BCUT2D eigenvalue weighted by atomic mass is 35.5. The minimum Gasteiger partial charge on any atom is -0.508 e. The number of halogens is 1. The quantitative estimate of drug-likeness (QED) is 0.201. The van der Waals surface area contributed by atoms with Gasteiger partial charge in [0.2, 0.25) is 0 Å². The van der Waals surface area contributed by atoms with Crippen molar-refractivity contribution in [2.45, 2.75) is 39.4 Å². The van der Waals surface area contributed by atoms with E-state index in [0.717, 1.165) is 43.0 Å². The van der Waals surface area contributed by atoms with Crippen molar-refractivity contribution in [1.29, 1.82) is 0 Å². The molecule has 1 fully saturated rings. The lowest BCUT2D eigenvalue weighted by Gasteiger charge is -2.35. The fourth-order valence-corrected chi connectivity index (χ4v) is 7.26. The van der Waals surface area contributed by atoms with Gasteiger partial charge in [-0.25, -0.2) is 0 Å². The molecule has 0 unspecified atom stereocenters. The van der Waals surface area contributed by atoms with E-state index in [-0.39, 0.29) is 23.6 Å². The third-order valence-electron chi connectivity index (χ3n) is 9.86. The number of phenols is 1. The van der Waals surface area contributed by atoms with Gasteiger partial charge in [-0.05, 0) is 79.9 Å². The maximum Gasteiger partial charge on any atom is 0.264 e. The normalized spacial score (nSPS) is 16.3. The van der Waals surface area contributed by atoms with Gasteiger partial charge < -0.3 is 19.3 Å². The molecule has 0 saturated carbocycles. The summed E-state index contributed by atoms with van der Waals surface area (Å²) >= 11 is 6.68. The van der Waals surface area contributed by atoms with Crippen molar-refractivity contribution in [2.24, 2.45) is 7.05 Å². The zero-order valence-electron chi connectivity index (χ0n) is 28.6. The molecule has 7 rings (SSSR count). The van der Waals surface area contributed by atoms with Crippen LogP contribution in [0, 0.1) is 6.92 Å². The molecule has 0 spiro atoms. The summed E-state index contributed by atoms with van der Waals surface area (Å²) in [6, 6.07) is 22.1. The van der Waals surface area contributed by atoms with Crippen LogP contribution in [-0.4, -0.2) is 80.0 Å². The first-order valence-corrected chi connectivity index (χ1v) is 17.4. The van der Waals surface area contributed by atoms with Crippen molar-refractivity contribution >= 4 is 34.8 Å². The van der Waals surface area contributed by atoms with E-state index in [2.05, 4.69) is 33.6 Å². The summed E-state index contributed by atoms with van der Waals surface area (Å²) in [7, 11) is 1.80. The lowest BCUT2D eigenvalue weighted by atomic mass is 9.93. The van der Waals surface area contributed by atoms with Crippen LogP contribution in [0.5, 0.6) is 5.75 Å². The van der Waals surface area contributed by atoms with E-state index in [0.29, 0.717) is 59.4 Å². The van der Waals surface area contributed by atoms with Gasteiger partial charge in [-0.2, -0.15) is 5.10 Å². The van der Waals surface area contributed by atoms with Gasteiger partial charge in [-0.15, -0.1) is 0 Å². The number of nitrogens with zero attached hydrogens (tertiary/aromatic N) is 6. The van der Waals surface area contributed by atoms with E-state index in [4.69, 9.17) is 16.3 Å². The number of aromatic nitrogens is 3. The molecule has 2 amide bonds. The van der Waals surface area contributed by atoms with Crippen molar-refractivity contribution < 1.29 is 19.4 Å². The highest BCUT2D eigenvalue weighted by Gasteiger charge is 2.32. The van der Waals surface area contributed by atoms with Gasteiger partial charge in [0.15, 0.2) is 0 Å². The van der Waals surface area contributed by atoms with Crippen LogP contribution in [0.15, 0.2) is 85.2 Å². The summed E-state index contributed by atoms with van der Waals surface area (Å²) in [5.74, 6) is -0.236. The molecule has 50 heavy (non-hydrogen) atoms. The molecule has 3 aromatic carbocycles. The first kappa shape index (κ1) is 33.6. The van der Waals surface area contributed by atoms with Gasteiger partial charge in [-0.1, -0.05) is 35.9 Å². The van der Waals surface area contributed by atoms with Crippen molar-refractivity contribution in [1.82, 2.24) is 24.1 Å². The van der Waals surface area contributed by atoms with Gasteiger partial charge in [0, 0.05) is 85.2 Å². The van der Waals surface area contributed by atoms with Gasteiger partial charge in [-0.3, -0.25) is 24.1 Å². The Kier molecular flexibility index (Phi) is 9.50. The summed E-state index contributed by atoms with van der Waals surface area (Å²) in [6.07, 6.45) is 4.20. The monoisotopic (exact) mass is 692 g/mol. The van der Waals surface area contributed by atoms with E-state index < -0.39 is 0 Å². The van der Waals surface area contributed by atoms with Crippen LogP contribution >= 0.6 is 11.6 Å². The lowest BCUT2D eigenvalue weighted by Crippen LogP contribution is -2.42. The number of aromatic hydroxyl groups is 1. The Morgan fingerprint density at radius 2 is 1.70 bits per heavy atom. The number of carbonyl (C=O) groups is 2. The third kappa shape index (κ3) is 6.66. The first-order chi connectivity index (χ1) is 24.2. The number of anilines is 2. The lowest BCUT2D eigenvalue weighted by molar-refractivity contribution is 0.0364. The summed E-state index contributed by atoms with van der Waals surface area (Å²) in [6.45, 7) is 8.90. The molecule has 1 N–H and O–H groups in total. The maximum atomic E-state index is 14.7. The molecule has 258 valence electrons. The number of ether oxygens (including phenoxy) is 1. The minimum atomic E-state index is -0.260. The predicted octanol–water partition coefficient (Wildman–Crippen LogP) is 6.45. The van der Waals surface area contributed by atoms with Crippen molar-refractivity contribution in [3.8, 4) is 17.0 Å². The van der Waals surface area contributed by atoms with Gasteiger partial charge in [0.25, 0.3) is 11.8 Å². The van der Waals surface area contributed by atoms with Gasteiger partial charge >= 0.3 is 0 Å². The number of fused-ring (bicyclic) bond motifs is 1. The smallest absolute Gasteiger partial charge is 0.264 e. The van der Waals surface area contributed by atoms with E-state index in [1.807, 2.05) is 42.2 Å². The van der Waals surface area contributed by atoms with Crippen LogP contribution in [0.25, 0.3) is 11.3 Å². The fourth-order valence-electron chi connectivity index (χ4n) is 7.09. The molecule has 11 heteroatoms. The second kappa shape index (κ2) is 14.1. The molecule has 2 aliphatic heterocycles. The number of carbonyl (C=O) groups excluding carboxylic acids is 2. The number of hydrogen-bond acceptors (Lipinski definition) is 6. The van der Waals surface area contributed by atoms with E-state index in [9.17, 15) is 14.7 Å². The molecule has 4 heterocycles. The molecule has 0 aliphatic carbocycles. The molecule has 1 saturated heterocycles.